The smallest absolute Gasteiger partial charge is 0.255 e. The minimum Gasteiger partial charge on any atom is -0.348 e. The van der Waals surface area contributed by atoms with Gasteiger partial charge in [-0.25, -0.2) is 19.0 Å². The number of rotatable bonds is 7. The molecule has 4 aromatic rings. The number of nitrogens with zero attached hydrogens (tertiary/aromatic N) is 9. The highest BCUT2D eigenvalue weighted by Crippen LogP contribution is 2.45. The van der Waals surface area contributed by atoms with E-state index in [-0.39, 0.29) is 23.0 Å². The third-order valence-electron chi connectivity index (χ3n) is 7.05. The topological polar surface area (TPSA) is 120 Å². The number of carbonyl (C=O) groups is 1. The summed E-state index contributed by atoms with van der Waals surface area (Å²) in [7, 11) is 0. The average Bonchev–Trinajstić information content (AvgIpc) is 3.28. The molecule has 2 fully saturated rings. The first-order valence-electron chi connectivity index (χ1n) is 12.0. The Morgan fingerprint density at radius 1 is 1.22 bits per heavy atom. The fourth-order valence-corrected chi connectivity index (χ4v) is 5.02. The van der Waals surface area contributed by atoms with Gasteiger partial charge >= 0.3 is 0 Å². The highest BCUT2D eigenvalue weighted by molar-refractivity contribution is 6.30. The molecule has 190 valence electrons. The van der Waals surface area contributed by atoms with Crippen LogP contribution in [0.4, 0.5) is 10.3 Å². The lowest BCUT2D eigenvalue weighted by molar-refractivity contribution is 0.0950. The lowest BCUT2D eigenvalue weighted by atomic mass is 10.1. The summed E-state index contributed by atoms with van der Waals surface area (Å²) in [5.74, 6) is 1.36. The first-order valence-corrected chi connectivity index (χ1v) is 12.3. The van der Waals surface area contributed by atoms with Crippen molar-refractivity contribution >= 4 is 23.5 Å². The van der Waals surface area contributed by atoms with Gasteiger partial charge in [0, 0.05) is 48.8 Å². The van der Waals surface area contributed by atoms with Crippen LogP contribution in [0.2, 0.25) is 5.02 Å². The number of benzene rings is 1. The maximum atomic E-state index is 14.8. The van der Waals surface area contributed by atoms with Crippen LogP contribution in [0, 0.1) is 31.5 Å². The molecular formula is C24H24ClFN10O. The predicted molar refractivity (Wildman–Crippen MR) is 132 cm³/mol. The Kier molecular flexibility index (Phi) is 5.82. The zero-order valence-electron chi connectivity index (χ0n) is 20.3. The minimum absolute atomic E-state index is 0.0600. The van der Waals surface area contributed by atoms with Gasteiger partial charge in [0.05, 0.1) is 28.5 Å². The van der Waals surface area contributed by atoms with Gasteiger partial charge in [-0.3, -0.25) is 9.48 Å². The van der Waals surface area contributed by atoms with Gasteiger partial charge in [-0.1, -0.05) is 11.6 Å². The number of hydrogen-bond acceptors (Lipinski definition) is 8. The molecule has 6 rings (SSSR count). The van der Waals surface area contributed by atoms with Gasteiger partial charge in [0.2, 0.25) is 5.95 Å². The molecule has 0 radical (unpaired) electrons. The maximum absolute atomic E-state index is 14.8. The van der Waals surface area contributed by atoms with Crippen LogP contribution in [0.1, 0.15) is 39.3 Å². The second kappa shape index (κ2) is 9.18. The number of fused-ring (bicyclic) bond motifs is 1. The summed E-state index contributed by atoms with van der Waals surface area (Å²) in [6.45, 7) is 6.11. The van der Waals surface area contributed by atoms with Crippen molar-refractivity contribution in [1.29, 1.82) is 0 Å². The Labute approximate surface area is 216 Å². The normalized spacial score (nSPS) is 18.2. The number of amides is 1. The monoisotopic (exact) mass is 522 g/mol. The molecule has 1 amide bonds. The number of tetrazole rings is 1. The summed E-state index contributed by atoms with van der Waals surface area (Å²) < 4.78 is 17.8. The van der Waals surface area contributed by atoms with Crippen molar-refractivity contribution in [2.45, 2.75) is 33.4 Å². The van der Waals surface area contributed by atoms with Gasteiger partial charge in [-0.05, 0) is 54.7 Å². The molecule has 3 aromatic heterocycles. The molecule has 1 aromatic carbocycles. The van der Waals surface area contributed by atoms with Crippen molar-refractivity contribution in [1.82, 2.24) is 45.3 Å². The SMILES string of the molecule is Cc1nc(N2CC3CC3C2)ncc1Cn1cc(C(=O)NCc2c(-n3cnnn3)ccc(Cl)c2F)c(C)n1. The summed E-state index contributed by atoms with van der Waals surface area (Å²) in [5.41, 5.74) is 3.30. The van der Waals surface area contributed by atoms with E-state index in [4.69, 9.17) is 16.6 Å². The molecule has 4 heterocycles. The number of hydrogen-bond donors (Lipinski definition) is 1. The largest absolute Gasteiger partial charge is 0.348 e. The molecule has 1 aliphatic carbocycles. The Hall–Kier alpha value is -3.93. The molecule has 1 N–H and O–H groups in total. The number of aryl methyl sites for hydroxylation is 2. The Balaban J connectivity index is 1.15. The average molecular weight is 523 g/mol. The summed E-state index contributed by atoms with van der Waals surface area (Å²) in [6.07, 6.45) is 6.17. The third kappa shape index (κ3) is 4.52. The quantitative estimate of drug-likeness (QED) is 0.393. The zero-order chi connectivity index (χ0) is 25.7. The van der Waals surface area contributed by atoms with E-state index in [1.807, 2.05) is 13.1 Å². The third-order valence-corrected chi connectivity index (χ3v) is 7.34. The number of piperidine rings is 1. The van der Waals surface area contributed by atoms with Crippen molar-refractivity contribution in [3.05, 3.63) is 69.8 Å². The van der Waals surface area contributed by atoms with Crippen LogP contribution in [0.15, 0.2) is 30.9 Å². The van der Waals surface area contributed by atoms with Crippen LogP contribution in [0.5, 0.6) is 0 Å². The standard InChI is InChI=1S/C24H24ClFN10O/c1-13-17(6-28-24(30-13)34-8-15-5-16(15)9-34)10-35-11-19(14(2)31-35)23(37)27-7-18-21(36-12-29-32-33-36)4-3-20(25)22(18)26/h3-4,6,11-12,15-16H,5,7-10H2,1-2H3,(H,27,37). The van der Waals surface area contributed by atoms with Gasteiger partial charge in [0.1, 0.15) is 12.1 Å². The second-order valence-electron chi connectivity index (χ2n) is 9.56. The van der Waals surface area contributed by atoms with Crippen LogP contribution >= 0.6 is 11.6 Å². The molecule has 2 aliphatic rings. The highest BCUT2D eigenvalue weighted by atomic mass is 35.5. The van der Waals surface area contributed by atoms with Crippen LogP contribution in [-0.2, 0) is 13.1 Å². The van der Waals surface area contributed by atoms with Crippen LogP contribution in [0.3, 0.4) is 0 Å². The van der Waals surface area contributed by atoms with E-state index < -0.39 is 5.82 Å². The molecule has 11 nitrogen and oxygen atoms in total. The van der Waals surface area contributed by atoms with Gasteiger partial charge in [-0.2, -0.15) is 5.10 Å². The van der Waals surface area contributed by atoms with Gasteiger partial charge in [-0.15, -0.1) is 5.10 Å². The zero-order valence-corrected chi connectivity index (χ0v) is 21.0. The maximum Gasteiger partial charge on any atom is 0.255 e. The van der Waals surface area contributed by atoms with Gasteiger partial charge in [0.15, 0.2) is 0 Å². The van der Waals surface area contributed by atoms with Crippen LogP contribution in [0.25, 0.3) is 5.69 Å². The van der Waals surface area contributed by atoms with Gasteiger partial charge < -0.3 is 10.2 Å². The Bertz CT molecular complexity index is 1480. The highest BCUT2D eigenvalue weighted by Gasteiger charge is 2.45. The number of nitrogens with one attached hydrogen (secondary N) is 1. The van der Waals surface area contributed by atoms with Crippen molar-refractivity contribution in [2.24, 2.45) is 11.8 Å². The van der Waals surface area contributed by atoms with Crippen molar-refractivity contribution in [3.8, 4) is 5.69 Å². The Morgan fingerprint density at radius 2 is 2.03 bits per heavy atom. The lowest BCUT2D eigenvalue weighted by Crippen LogP contribution is -2.25. The fourth-order valence-electron chi connectivity index (χ4n) is 4.85. The van der Waals surface area contributed by atoms with Crippen molar-refractivity contribution in [3.63, 3.8) is 0 Å². The first-order chi connectivity index (χ1) is 17.9. The van der Waals surface area contributed by atoms with E-state index in [2.05, 4.69) is 35.8 Å². The van der Waals surface area contributed by atoms with E-state index in [9.17, 15) is 9.18 Å². The molecule has 1 saturated carbocycles. The van der Waals surface area contributed by atoms with Crippen molar-refractivity contribution < 1.29 is 9.18 Å². The Morgan fingerprint density at radius 3 is 2.76 bits per heavy atom. The summed E-state index contributed by atoms with van der Waals surface area (Å²) in [4.78, 5) is 24.5. The molecule has 0 bridgehead atoms. The van der Waals surface area contributed by atoms with Crippen LogP contribution in [-0.4, -0.2) is 59.0 Å². The second-order valence-corrected chi connectivity index (χ2v) is 9.97. The van der Waals surface area contributed by atoms with Crippen LogP contribution < -0.4 is 10.2 Å². The van der Waals surface area contributed by atoms with E-state index >= 15 is 0 Å². The van der Waals surface area contributed by atoms with Gasteiger partial charge in [0.25, 0.3) is 5.91 Å². The van der Waals surface area contributed by atoms with E-state index in [1.54, 1.807) is 23.9 Å². The first kappa shape index (κ1) is 23.5. The summed E-state index contributed by atoms with van der Waals surface area (Å²) >= 11 is 5.98. The molecule has 2 unspecified atom stereocenters. The molecule has 1 aliphatic heterocycles. The van der Waals surface area contributed by atoms with E-state index in [0.29, 0.717) is 23.5 Å². The molecule has 37 heavy (non-hydrogen) atoms. The van der Waals surface area contributed by atoms with Crippen molar-refractivity contribution in [2.75, 3.05) is 18.0 Å². The number of anilines is 1. The minimum atomic E-state index is -0.646. The number of aromatic nitrogens is 8. The molecular weight excluding hydrogens is 499 g/mol. The van der Waals surface area contributed by atoms with E-state index in [0.717, 1.165) is 42.1 Å². The number of halogens is 2. The summed E-state index contributed by atoms with van der Waals surface area (Å²) in [5, 5.41) is 18.2. The summed E-state index contributed by atoms with van der Waals surface area (Å²) in [6, 6.07) is 3.01. The fraction of sp³-hybridized carbons (Fsp3) is 0.375. The number of carbonyl (C=O) groups excluding carboxylic acids is 1. The predicted octanol–water partition coefficient (Wildman–Crippen LogP) is 2.49. The molecule has 2 atom stereocenters. The lowest BCUT2D eigenvalue weighted by Gasteiger charge is -2.18. The molecule has 1 saturated heterocycles. The molecule has 0 spiro atoms. The molecule has 13 heteroatoms. The van der Waals surface area contributed by atoms with E-state index in [1.165, 1.54) is 23.5 Å².